The van der Waals surface area contributed by atoms with Crippen molar-refractivity contribution in [1.29, 1.82) is 0 Å². The smallest absolute Gasteiger partial charge is 0.159 e. The highest BCUT2D eigenvalue weighted by Gasteiger charge is 2.01. The molecular weight excluding hydrogens is 247 g/mol. The largest absolute Gasteiger partial charge is 0.307 e. The number of alkyl halides is 1. The van der Waals surface area contributed by atoms with Gasteiger partial charge >= 0.3 is 0 Å². The third-order valence-electron chi connectivity index (χ3n) is 1.70. The second-order valence-corrected chi connectivity index (χ2v) is 3.60. The molecule has 0 atom stereocenters. The van der Waals surface area contributed by atoms with Gasteiger partial charge in [-0.3, -0.25) is 4.79 Å². The van der Waals surface area contributed by atoms with Gasteiger partial charge in [0, 0.05) is 5.56 Å². The van der Waals surface area contributed by atoms with Crippen LogP contribution in [-0.4, -0.2) is 19.4 Å². The minimum Gasteiger partial charge on any atom is -0.307 e. The molecule has 0 aliphatic rings. The lowest BCUT2D eigenvalue weighted by Gasteiger charge is -2.01. The molecule has 0 bridgehead atoms. The van der Waals surface area contributed by atoms with E-state index in [4.69, 9.17) is 9.59 Å². The molecule has 3 nitrogen and oxygen atoms in total. The summed E-state index contributed by atoms with van der Waals surface area (Å²) in [4.78, 5) is 26.9. The Morgan fingerprint density at radius 1 is 1.11 bits per heavy atom. The van der Waals surface area contributed by atoms with Gasteiger partial charge < -0.3 is 9.59 Å². The Morgan fingerprint density at radius 3 is 1.84 bits per heavy atom. The van der Waals surface area contributed by atoms with Crippen molar-refractivity contribution >= 4 is 19.4 Å². The van der Waals surface area contributed by atoms with E-state index < -0.39 is 6.67 Å². The summed E-state index contributed by atoms with van der Waals surface area (Å²) in [6.45, 7) is 11.1. The van der Waals surface area contributed by atoms with Gasteiger partial charge in [0.2, 0.25) is 0 Å². The molecule has 0 aliphatic heterocycles. The highest BCUT2D eigenvalue weighted by molar-refractivity contribution is 5.94. The van der Waals surface area contributed by atoms with E-state index in [1.807, 2.05) is 20.5 Å². The molecule has 0 aliphatic carbocycles. The van der Waals surface area contributed by atoms with E-state index in [1.165, 1.54) is 13.3 Å². The van der Waals surface area contributed by atoms with E-state index in [0.717, 1.165) is 5.56 Å². The fourth-order valence-electron chi connectivity index (χ4n) is 1.14. The molecule has 1 aromatic rings. The third-order valence-corrected chi connectivity index (χ3v) is 1.70. The highest BCUT2D eigenvalue weighted by Crippen LogP contribution is 2.11. The van der Waals surface area contributed by atoms with Gasteiger partial charge in [0.15, 0.2) is 5.78 Å². The van der Waals surface area contributed by atoms with Gasteiger partial charge in [-0.15, -0.1) is 0 Å². The first kappa shape index (κ1) is 22.3. The first-order valence-corrected chi connectivity index (χ1v) is 5.80. The fourth-order valence-corrected chi connectivity index (χ4v) is 1.14. The molecule has 0 heterocycles. The molecule has 108 valence electrons. The number of halogens is 1. The average Bonchev–Trinajstić information content (AvgIpc) is 2.43. The molecule has 0 unspecified atom stereocenters. The summed E-state index contributed by atoms with van der Waals surface area (Å²) in [6, 6.07) is 5.10. The molecule has 0 radical (unpaired) electrons. The Kier molecular flexibility index (Phi) is 19.0. The lowest BCUT2D eigenvalue weighted by molar-refractivity contribution is -0.0987. The molecule has 1 rings (SSSR count). The van der Waals surface area contributed by atoms with Crippen LogP contribution < -0.4 is 0 Å². The van der Waals surface area contributed by atoms with Crippen LogP contribution in [0.4, 0.5) is 4.39 Å². The second kappa shape index (κ2) is 16.2. The van der Waals surface area contributed by atoms with E-state index in [0.29, 0.717) is 11.1 Å². The molecule has 0 saturated heterocycles. The van der Waals surface area contributed by atoms with Gasteiger partial charge in [0.25, 0.3) is 0 Å². The molecule has 0 spiro atoms. The van der Waals surface area contributed by atoms with E-state index in [1.54, 1.807) is 18.2 Å². The topological polar surface area (TPSA) is 51.2 Å². The molecule has 0 amide bonds. The van der Waals surface area contributed by atoms with Crippen molar-refractivity contribution in [3.8, 4) is 0 Å². The standard InChI is InChI=1S/C10H11FO.C3H8.2CH2O/c1-7-3-9(6-11)5-10(4-7)8(2)12;1-3-2;2*1-2/h3-5H,6H2,1-2H3;3H2,1-2H3;2*1H2. The predicted octanol–water partition coefficient (Wildman–Crippen LogP) is 3.71. The van der Waals surface area contributed by atoms with Gasteiger partial charge in [-0.2, -0.15) is 0 Å². The summed E-state index contributed by atoms with van der Waals surface area (Å²) in [5.74, 6) is -0.0200. The molecule has 19 heavy (non-hydrogen) atoms. The van der Waals surface area contributed by atoms with Crippen LogP contribution in [0.15, 0.2) is 18.2 Å². The van der Waals surface area contributed by atoms with Crippen molar-refractivity contribution in [3.63, 3.8) is 0 Å². The average molecular weight is 270 g/mol. The quantitative estimate of drug-likeness (QED) is 0.770. The monoisotopic (exact) mass is 270 g/mol. The van der Waals surface area contributed by atoms with Crippen LogP contribution in [0.1, 0.15) is 48.7 Å². The van der Waals surface area contributed by atoms with Crippen molar-refractivity contribution in [2.75, 3.05) is 0 Å². The zero-order chi connectivity index (χ0) is 15.8. The Hall–Kier alpha value is -1.84. The maximum Gasteiger partial charge on any atom is 0.159 e. The Bertz CT molecular complexity index is 349. The molecular formula is C15H23FO3. The molecule has 4 heteroatoms. The van der Waals surface area contributed by atoms with Crippen LogP contribution in [0.3, 0.4) is 0 Å². The van der Waals surface area contributed by atoms with Crippen LogP contribution in [0.5, 0.6) is 0 Å². The molecule has 0 fully saturated rings. The Morgan fingerprint density at radius 2 is 1.53 bits per heavy atom. The van der Waals surface area contributed by atoms with Crippen molar-refractivity contribution in [2.24, 2.45) is 0 Å². The summed E-state index contributed by atoms with van der Waals surface area (Å²) < 4.78 is 12.2. The predicted molar refractivity (Wildman–Crippen MR) is 76.2 cm³/mol. The summed E-state index contributed by atoms with van der Waals surface area (Å²) in [5, 5.41) is 0. The molecule has 0 N–H and O–H groups in total. The first-order valence-electron chi connectivity index (χ1n) is 5.80. The maximum atomic E-state index is 12.2. The summed E-state index contributed by atoms with van der Waals surface area (Å²) in [5.41, 5.74) is 2.08. The van der Waals surface area contributed by atoms with Crippen molar-refractivity contribution in [2.45, 2.75) is 40.8 Å². The van der Waals surface area contributed by atoms with E-state index in [9.17, 15) is 9.18 Å². The number of aryl methyl sites for hydroxylation is 1. The minimum absolute atomic E-state index is 0.0200. The summed E-state index contributed by atoms with van der Waals surface area (Å²) >= 11 is 0. The summed E-state index contributed by atoms with van der Waals surface area (Å²) in [7, 11) is 0. The molecule has 0 aromatic heterocycles. The number of carbonyl (C=O) groups excluding carboxylic acids is 3. The van der Waals surface area contributed by atoms with Gasteiger partial charge in [0.05, 0.1) is 0 Å². The van der Waals surface area contributed by atoms with Gasteiger partial charge in [0.1, 0.15) is 20.3 Å². The van der Waals surface area contributed by atoms with Crippen molar-refractivity contribution < 1.29 is 18.8 Å². The first-order chi connectivity index (χ1) is 9.04. The SMILES string of the molecule is C=O.C=O.CC(=O)c1cc(C)cc(CF)c1.CCC. The zero-order valence-corrected chi connectivity index (χ0v) is 12.2. The number of hydrogen-bond donors (Lipinski definition) is 0. The van der Waals surface area contributed by atoms with Gasteiger partial charge in [-0.1, -0.05) is 31.9 Å². The minimum atomic E-state index is -0.512. The Labute approximate surface area is 114 Å². The maximum absolute atomic E-state index is 12.2. The van der Waals surface area contributed by atoms with Crippen molar-refractivity contribution in [1.82, 2.24) is 0 Å². The normalized spacial score (nSPS) is 7.63. The van der Waals surface area contributed by atoms with E-state index in [2.05, 4.69) is 13.8 Å². The number of rotatable bonds is 2. The lowest BCUT2D eigenvalue weighted by atomic mass is 10.0. The van der Waals surface area contributed by atoms with Crippen LogP contribution in [0.25, 0.3) is 0 Å². The van der Waals surface area contributed by atoms with E-state index in [-0.39, 0.29) is 5.78 Å². The number of Topliss-reactive ketones (excluding diaryl/α,β-unsaturated/α-hetero) is 1. The van der Waals surface area contributed by atoms with Gasteiger partial charge in [-0.05, 0) is 31.5 Å². The number of carbonyl (C=O) groups is 3. The van der Waals surface area contributed by atoms with Crippen molar-refractivity contribution in [3.05, 3.63) is 34.9 Å². The van der Waals surface area contributed by atoms with Crippen LogP contribution >= 0.6 is 0 Å². The van der Waals surface area contributed by atoms with Crippen LogP contribution in [-0.2, 0) is 16.3 Å². The highest BCUT2D eigenvalue weighted by atomic mass is 19.1. The lowest BCUT2D eigenvalue weighted by Crippen LogP contribution is -1.94. The fraction of sp³-hybridized carbons (Fsp3) is 0.400. The molecule has 0 saturated carbocycles. The second-order valence-electron chi connectivity index (χ2n) is 3.60. The number of benzene rings is 1. The summed E-state index contributed by atoms with van der Waals surface area (Å²) in [6.07, 6.45) is 1.25. The Balaban J connectivity index is -0.000000313. The van der Waals surface area contributed by atoms with Crippen LogP contribution in [0, 0.1) is 6.92 Å². The van der Waals surface area contributed by atoms with Crippen LogP contribution in [0.2, 0.25) is 0 Å². The third kappa shape index (κ3) is 12.4. The molecule has 1 aromatic carbocycles. The zero-order valence-electron chi connectivity index (χ0n) is 12.2. The van der Waals surface area contributed by atoms with Gasteiger partial charge in [-0.25, -0.2) is 4.39 Å². The van der Waals surface area contributed by atoms with E-state index >= 15 is 0 Å². The number of hydrogen-bond acceptors (Lipinski definition) is 3. The number of ketones is 1.